The lowest BCUT2D eigenvalue weighted by atomic mass is 9.96. The smallest absolute Gasteiger partial charge is 0.306 e. The normalized spacial score (nSPS) is 20.5. The molecule has 0 amide bonds. The van der Waals surface area contributed by atoms with E-state index in [4.69, 9.17) is 0 Å². The van der Waals surface area contributed by atoms with Crippen LogP contribution in [0.5, 0.6) is 0 Å². The Kier molecular flexibility index (Phi) is 2.35. The van der Waals surface area contributed by atoms with Crippen LogP contribution in [-0.2, 0) is 0 Å². The van der Waals surface area contributed by atoms with E-state index < -0.39 is 0 Å². The molecule has 0 spiro atoms. The van der Waals surface area contributed by atoms with E-state index in [2.05, 4.69) is 21.9 Å². The molecule has 0 bridgehead atoms. The van der Waals surface area contributed by atoms with E-state index in [9.17, 15) is 4.79 Å². The Labute approximate surface area is 98.8 Å². The molecular weight excluding hydrogens is 214 g/mol. The van der Waals surface area contributed by atoms with Crippen LogP contribution in [0.4, 0.5) is 0 Å². The van der Waals surface area contributed by atoms with Crippen LogP contribution < -0.4 is 5.69 Å². The predicted molar refractivity (Wildman–Crippen MR) is 68.7 cm³/mol. The minimum atomic E-state index is -0.156. The molecule has 88 valence electrons. The molecule has 1 aromatic heterocycles. The highest BCUT2D eigenvalue weighted by atomic mass is 16.1. The SMILES string of the molecule is CC1CCC(c2ccc3[nH]c(=O)[nH]c3c2)=NC1. The second-order valence-corrected chi connectivity index (χ2v) is 4.77. The maximum Gasteiger partial charge on any atom is 0.323 e. The zero-order valence-corrected chi connectivity index (χ0v) is 9.79. The third-order valence-electron chi connectivity index (χ3n) is 3.32. The van der Waals surface area contributed by atoms with Crippen LogP contribution in [-0.4, -0.2) is 22.2 Å². The van der Waals surface area contributed by atoms with Gasteiger partial charge in [0.1, 0.15) is 0 Å². The van der Waals surface area contributed by atoms with Crippen LogP contribution in [0.15, 0.2) is 28.0 Å². The molecule has 17 heavy (non-hydrogen) atoms. The summed E-state index contributed by atoms with van der Waals surface area (Å²) in [5, 5.41) is 0. The fourth-order valence-corrected chi connectivity index (χ4v) is 2.27. The summed E-state index contributed by atoms with van der Waals surface area (Å²) in [5.41, 5.74) is 3.83. The molecule has 1 aliphatic heterocycles. The zero-order valence-electron chi connectivity index (χ0n) is 9.79. The van der Waals surface area contributed by atoms with Gasteiger partial charge in [-0.1, -0.05) is 13.0 Å². The van der Waals surface area contributed by atoms with Crippen molar-refractivity contribution in [3.63, 3.8) is 0 Å². The molecule has 3 rings (SSSR count). The van der Waals surface area contributed by atoms with Gasteiger partial charge in [0.25, 0.3) is 0 Å². The molecule has 4 heteroatoms. The van der Waals surface area contributed by atoms with Crippen LogP contribution in [0, 0.1) is 5.92 Å². The third kappa shape index (κ3) is 1.90. The lowest BCUT2D eigenvalue weighted by Gasteiger charge is -2.17. The number of nitrogens with one attached hydrogen (secondary N) is 2. The van der Waals surface area contributed by atoms with E-state index in [1.54, 1.807) is 0 Å². The first kappa shape index (κ1) is 10.3. The topological polar surface area (TPSA) is 61.0 Å². The molecule has 0 radical (unpaired) electrons. The molecule has 2 aromatic rings. The van der Waals surface area contributed by atoms with E-state index in [-0.39, 0.29) is 5.69 Å². The second kappa shape index (κ2) is 3.87. The summed E-state index contributed by atoms with van der Waals surface area (Å²) in [6.07, 6.45) is 2.22. The van der Waals surface area contributed by atoms with Crippen LogP contribution in [0.25, 0.3) is 11.0 Å². The summed E-state index contributed by atoms with van der Waals surface area (Å²) >= 11 is 0. The standard InChI is InChI=1S/C13H15N3O/c1-8-2-4-10(14-7-8)9-3-5-11-12(6-9)16-13(17)15-11/h3,5-6,8H,2,4,7H2,1H3,(H2,15,16,17). The predicted octanol–water partition coefficient (Wildman–Crippen LogP) is 2.08. The Morgan fingerprint density at radius 1 is 1.29 bits per heavy atom. The monoisotopic (exact) mass is 229 g/mol. The van der Waals surface area contributed by atoms with Gasteiger partial charge in [-0.25, -0.2) is 4.79 Å². The molecule has 0 fully saturated rings. The van der Waals surface area contributed by atoms with E-state index in [1.807, 2.05) is 18.2 Å². The summed E-state index contributed by atoms with van der Waals surface area (Å²) < 4.78 is 0. The number of H-pyrrole nitrogens is 2. The fraction of sp³-hybridized carbons (Fsp3) is 0.385. The number of rotatable bonds is 1. The maximum atomic E-state index is 11.2. The number of hydrogen-bond acceptors (Lipinski definition) is 2. The highest BCUT2D eigenvalue weighted by Crippen LogP contribution is 2.19. The molecule has 2 N–H and O–H groups in total. The van der Waals surface area contributed by atoms with Crippen LogP contribution in [0.3, 0.4) is 0 Å². The van der Waals surface area contributed by atoms with Gasteiger partial charge in [-0.2, -0.15) is 0 Å². The highest BCUT2D eigenvalue weighted by molar-refractivity contribution is 6.03. The Morgan fingerprint density at radius 2 is 2.12 bits per heavy atom. The number of aromatic amines is 2. The molecule has 1 atom stereocenters. The first-order valence-electron chi connectivity index (χ1n) is 5.98. The van der Waals surface area contributed by atoms with Crippen molar-refractivity contribution >= 4 is 16.7 Å². The summed E-state index contributed by atoms with van der Waals surface area (Å²) in [7, 11) is 0. The Hall–Kier alpha value is -1.84. The summed E-state index contributed by atoms with van der Waals surface area (Å²) in [6, 6.07) is 5.96. The summed E-state index contributed by atoms with van der Waals surface area (Å²) in [4.78, 5) is 21.3. The molecule has 2 heterocycles. The van der Waals surface area contributed by atoms with Crippen LogP contribution in [0.1, 0.15) is 25.3 Å². The molecule has 1 unspecified atom stereocenters. The first-order valence-corrected chi connectivity index (χ1v) is 5.98. The molecule has 1 aliphatic rings. The van der Waals surface area contributed by atoms with Crippen LogP contribution >= 0.6 is 0 Å². The van der Waals surface area contributed by atoms with E-state index >= 15 is 0 Å². The van der Waals surface area contributed by atoms with E-state index in [1.165, 1.54) is 6.42 Å². The van der Waals surface area contributed by atoms with Crippen LogP contribution in [0.2, 0.25) is 0 Å². The van der Waals surface area contributed by atoms with Gasteiger partial charge in [0, 0.05) is 12.3 Å². The van der Waals surface area contributed by atoms with Gasteiger partial charge >= 0.3 is 5.69 Å². The van der Waals surface area contributed by atoms with Gasteiger partial charge in [0.2, 0.25) is 0 Å². The number of aromatic nitrogens is 2. The Morgan fingerprint density at radius 3 is 2.88 bits per heavy atom. The summed E-state index contributed by atoms with van der Waals surface area (Å²) in [6.45, 7) is 3.14. The van der Waals surface area contributed by atoms with Gasteiger partial charge in [-0.05, 0) is 36.5 Å². The number of imidazole rings is 1. The lowest BCUT2D eigenvalue weighted by molar-refractivity contribution is 0.538. The molecule has 4 nitrogen and oxygen atoms in total. The van der Waals surface area contributed by atoms with Crippen molar-refractivity contribution < 1.29 is 0 Å². The summed E-state index contributed by atoms with van der Waals surface area (Å²) in [5.74, 6) is 0.689. The van der Waals surface area contributed by atoms with Crippen molar-refractivity contribution in [2.75, 3.05) is 6.54 Å². The minimum Gasteiger partial charge on any atom is -0.306 e. The quantitative estimate of drug-likeness (QED) is 0.772. The van der Waals surface area contributed by atoms with Crippen molar-refractivity contribution in [3.05, 3.63) is 34.2 Å². The van der Waals surface area contributed by atoms with Gasteiger partial charge in [0.05, 0.1) is 11.0 Å². The highest BCUT2D eigenvalue weighted by Gasteiger charge is 2.13. The molecular formula is C13H15N3O. The number of benzene rings is 1. The Bertz CT molecular complexity index is 635. The number of nitrogens with zero attached hydrogens (tertiary/aromatic N) is 1. The fourth-order valence-electron chi connectivity index (χ4n) is 2.27. The second-order valence-electron chi connectivity index (χ2n) is 4.77. The van der Waals surface area contributed by atoms with Crippen molar-refractivity contribution in [1.29, 1.82) is 0 Å². The van der Waals surface area contributed by atoms with Crippen molar-refractivity contribution in [1.82, 2.24) is 9.97 Å². The van der Waals surface area contributed by atoms with Crippen molar-refractivity contribution in [3.8, 4) is 0 Å². The van der Waals surface area contributed by atoms with E-state index in [0.29, 0.717) is 5.92 Å². The van der Waals surface area contributed by atoms with Crippen molar-refractivity contribution in [2.45, 2.75) is 19.8 Å². The van der Waals surface area contributed by atoms with E-state index in [0.717, 1.165) is 35.3 Å². The van der Waals surface area contributed by atoms with Crippen molar-refractivity contribution in [2.24, 2.45) is 10.9 Å². The number of aliphatic imine (C=N–C) groups is 1. The molecule has 0 aliphatic carbocycles. The largest absolute Gasteiger partial charge is 0.323 e. The van der Waals surface area contributed by atoms with Gasteiger partial charge < -0.3 is 9.97 Å². The average Bonchev–Trinajstić information content (AvgIpc) is 2.69. The number of fused-ring (bicyclic) bond motifs is 1. The maximum absolute atomic E-state index is 11.2. The molecule has 0 saturated carbocycles. The average molecular weight is 229 g/mol. The Balaban J connectivity index is 2.03. The minimum absolute atomic E-state index is 0.156. The molecule has 0 saturated heterocycles. The zero-order chi connectivity index (χ0) is 11.8. The van der Waals surface area contributed by atoms with Gasteiger partial charge in [-0.15, -0.1) is 0 Å². The first-order chi connectivity index (χ1) is 8.22. The lowest BCUT2D eigenvalue weighted by Crippen LogP contribution is -2.14. The van der Waals surface area contributed by atoms with Gasteiger partial charge in [0.15, 0.2) is 0 Å². The number of hydrogen-bond donors (Lipinski definition) is 2. The van der Waals surface area contributed by atoms with Gasteiger partial charge in [-0.3, -0.25) is 4.99 Å². The third-order valence-corrected chi connectivity index (χ3v) is 3.32. The molecule has 1 aromatic carbocycles.